The molecule has 2 fully saturated rings. The fourth-order valence-corrected chi connectivity index (χ4v) is 4.76. The Morgan fingerprint density at radius 1 is 0.967 bits per heavy atom. The maximum Gasteiger partial charge on any atom is 0.123 e. The number of hydrogen-bond acceptors (Lipinski definition) is 5. The summed E-state index contributed by atoms with van der Waals surface area (Å²) in [5.41, 5.74) is 2.46. The van der Waals surface area contributed by atoms with E-state index in [2.05, 4.69) is 39.0 Å². The molecule has 0 unspecified atom stereocenters. The van der Waals surface area contributed by atoms with Crippen molar-refractivity contribution in [2.45, 2.75) is 44.8 Å². The number of benzene rings is 1. The fraction of sp³-hybridized carbons (Fsp3) is 0.560. The van der Waals surface area contributed by atoms with Crippen LogP contribution in [0.5, 0.6) is 5.75 Å². The number of pyridine rings is 1. The zero-order chi connectivity index (χ0) is 20.6. The molecule has 0 spiro atoms. The minimum atomic E-state index is -0.282. The number of rotatable bonds is 9. The van der Waals surface area contributed by atoms with Crippen molar-refractivity contribution in [1.29, 1.82) is 0 Å². The molecule has 1 aromatic carbocycles. The van der Waals surface area contributed by atoms with E-state index < -0.39 is 0 Å². The quantitative estimate of drug-likeness (QED) is 0.644. The molecule has 0 aliphatic carbocycles. The molecular formula is C25H35N3O2. The lowest BCUT2D eigenvalue weighted by molar-refractivity contribution is 0.141. The van der Waals surface area contributed by atoms with E-state index in [1.54, 1.807) is 0 Å². The van der Waals surface area contributed by atoms with E-state index in [-0.39, 0.29) is 12.0 Å². The molecule has 162 valence electrons. The molecule has 2 aliphatic rings. The standard InChI is InChI=1S/C25H35N3O2/c29-24-20-28(19-23(24)17-21-9-11-26-12-10-21)18-22-7-2-3-8-25(22)30-16-6-15-27-13-4-1-5-14-27/h2-3,7-12,23-24,29H,1,4-6,13-20H2/t23-,24-/m1/s1. The molecular weight excluding hydrogens is 374 g/mol. The van der Waals surface area contributed by atoms with Crippen LogP contribution in [-0.2, 0) is 13.0 Å². The topological polar surface area (TPSA) is 48.8 Å². The molecule has 2 aromatic rings. The van der Waals surface area contributed by atoms with Crippen LogP contribution < -0.4 is 4.74 Å². The van der Waals surface area contributed by atoms with E-state index in [0.717, 1.165) is 51.4 Å². The molecule has 30 heavy (non-hydrogen) atoms. The summed E-state index contributed by atoms with van der Waals surface area (Å²) in [5, 5.41) is 10.6. The van der Waals surface area contributed by atoms with Crippen LogP contribution in [0.2, 0.25) is 0 Å². The third-order valence-electron chi connectivity index (χ3n) is 6.42. The van der Waals surface area contributed by atoms with Gasteiger partial charge in [0.2, 0.25) is 0 Å². The molecule has 0 bridgehead atoms. The summed E-state index contributed by atoms with van der Waals surface area (Å²) in [7, 11) is 0. The molecule has 5 heteroatoms. The van der Waals surface area contributed by atoms with Crippen molar-refractivity contribution < 1.29 is 9.84 Å². The van der Waals surface area contributed by atoms with Gasteiger partial charge in [-0.25, -0.2) is 0 Å². The highest BCUT2D eigenvalue weighted by Crippen LogP contribution is 2.26. The highest BCUT2D eigenvalue weighted by Gasteiger charge is 2.31. The third kappa shape index (κ3) is 6.03. The second kappa shape index (κ2) is 10.9. The molecule has 2 atom stereocenters. The second-order valence-electron chi connectivity index (χ2n) is 8.79. The lowest BCUT2D eigenvalue weighted by atomic mass is 9.97. The summed E-state index contributed by atoms with van der Waals surface area (Å²) in [6.45, 7) is 6.85. The van der Waals surface area contributed by atoms with Gasteiger partial charge in [0.15, 0.2) is 0 Å². The van der Waals surface area contributed by atoms with Gasteiger partial charge >= 0.3 is 0 Å². The van der Waals surface area contributed by atoms with Gasteiger partial charge in [0.05, 0.1) is 12.7 Å². The smallest absolute Gasteiger partial charge is 0.123 e. The first-order chi connectivity index (χ1) is 14.8. The number of aliphatic hydroxyl groups excluding tert-OH is 1. The van der Waals surface area contributed by atoms with Crippen LogP contribution in [0.25, 0.3) is 0 Å². The number of β-amino-alcohol motifs (C(OH)–C–C–N with tert-alkyl or cyclic N) is 1. The number of nitrogens with zero attached hydrogens (tertiary/aromatic N) is 3. The van der Waals surface area contributed by atoms with Crippen LogP contribution in [0.4, 0.5) is 0 Å². The van der Waals surface area contributed by atoms with Crippen molar-refractivity contribution in [1.82, 2.24) is 14.8 Å². The average molecular weight is 410 g/mol. The number of likely N-dealkylation sites (tertiary alicyclic amines) is 2. The summed E-state index contributed by atoms with van der Waals surface area (Å²) in [6.07, 6.45) is 9.41. The summed E-state index contributed by atoms with van der Waals surface area (Å²) in [5.74, 6) is 1.26. The first-order valence-electron chi connectivity index (χ1n) is 11.5. The van der Waals surface area contributed by atoms with E-state index in [1.807, 2.05) is 24.5 Å². The van der Waals surface area contributed by atoms with E-state index in [4.69, 9.17) is 4.74 Å². The zero-order valence-electron chi connectivity index (χ0n) is 18.0. The second-order valence-corrected chi connectivity index (χ2v) is 8.79. The van der Waals surface area contributed by atoms with Gasteiger partial charge in [-0.05, 0) is 62.5 Å². The molecule has 3 heterocycles. The summed E-state index contributed by atoms with van der Waals surface area (Å²) >= 11 is 0. The van der Waals surface area contributed by atoms with Gasteiger partial charge in [-0.1, -0.05) is 24.6 Å². The van der Waals surface area contributed by atoms with Crippen LogP contribution in [0, 0.1) is 5.92 Å². The molecule has 0 saturated carbocycles. The summed E-state index contributed by atoms with van der Waals surface area (Å²) in [6, 6.07) is 12.5. The molecule has 0 radical (unpaired) electrons. The van der Waals surface area contributed by atoms with E-state index >= 15 is 0 Å². The first-order valence-corrected chi connectivity index (χ1v) is 11.5. The maximum absolute atomic E-state index is 10.6. The van der Waals surface area contributed by atoms with Crippen molar-refractivity contribution in [2.24, 2.45) is 5.92 Å². The van der Waals surface area contributed by atoms with Crippen LogP contribution in [0.3, 0.4) is 0 Å². The van der Waals surface area contributed by atoms with E-state index in [1.165, 1.54) is 43.5 Å². The number of aliphatic hydroxyl groups is 1. The fourth-order valence-electron chi connectivity index (χ4n) is 4.76. The number of aromatic nitrogens is 1. The number of piperidine rings is 1. The Labute approximate surface area is 180 Å². The molecule has 4 rings (SSSR count). The molecule has 0 amide bonds. The Kier molecular flexibility index (Phi) is 7.73. The normalized spacial score (nSPS) is 23.0. The van der Waals surface area contributed by atoms with Crippen molar-refractivity contribution in [3.63, 3.8) is 0 Å². The van der Waals surface area contributed by atoms with Gasteiger partial charge in [0.25, 0.3) is 0 Å². The number of para-hydroxylation sites is 1. The lowest BCUT2D eigenvalue weighted by Crippen LogP contribution is -2.31. The van der Waals surface area contributed by atoms with Crippen LogP contribution in [-0.4, -0.2) is 65.3 Å². The van der Waals surface area contributed by atoms with E-state index in [0.29, 0.717) is 0 Å². The largest absolute Gasteiger partial charge is 0.493 e. The molecule has 1 N–H and O–H groups in total. The Balaban J connectivity index is 1.26. The minimum absolute atomic E-state index is 0.269. The van der Waals surface area contributed by atoms with Crippen LogP contribution >= 0.6 is 0 Å². The SMILES string of the molecule is O[C@@H]1CN(Cc2ccccc2OCCCN2CCCCC2)C[C@H]1Cc1ccncc1. The Morgan fingerprint density at radius 3 is 2.60 bits per heavy atom. The lowest BCUT2D eigenvalue weighted by Gasteiger charge is -2.26. The van der Waals surface area contributed by atoms with Gasteiger partial charge in [-0.15, -0.1) is 0 Å². The number of hydrogen-bond donors (Lipinski definition) is 1. The maximum atomic E-state index is 10.6. The molecule has 1 aromatic heterocycles. The van der Waals surface area contributed by atoms with E-state index in [9.17, 15) is 5.11 Å². The third-order valence-corrected chi connectivity index (χ3v) is 6.42. The van der Waals surface area contributed by atoms with Crippen molar-refractivity contribution >= 4 is 0 Å². The Morgan fingerprint density at radius 2 is 1.77 bits per heavy atom. The minimum Gasteiger partial charge on any atom is -0.493 e. The average Bonchev–Trinajstić information content (AvgIpc) is 3.12. The highest BCUT2D eigenvalue weighted by molar-refractivity contribution is 5.33. The highest BCUT2D eigenvalue weighted by atomic mass is 16.5. The first kappa shape index (κ1) is 21.3. The van der Waals surface area contributed by atoms with Crippen LogP contribution in [0.1, 0.15) is 36.8 Å². The number of ether oxygens (including phenoxy) is 1. The predicted octanol–water partition coefficient (Wildman–Crippen LogP) is 3.37. The van der Waals surface area contributed by atoms with Gasteiger partial charge < -0.3 is 14.7 Å². The van der Waals surface area contributed by atoms with Gasteiger partial charge in [0, 0.05) is 50.1 Å². The van der Waals surface area contributed by atoms with Gasteiger partial charge in [-0.3, -0.25) is 9.88 Å². The van der Waals surface area contributed by atoms with Crippen LogP contribution in [0.15, 0.2) is 48.8 Å². The zero-order valence-corrected chi connectivity index (χ0v) is 18.0. The molecule has 5 nitrogen and oxygen atoms in total. The Bertz CT molecular complexity index is 764. The van der Waals surface area contributed by atoms with Gasteiger partial charge in [0.1, 0.15) is 5.75 Å². The monoisotopic (exact) mass is 409 g/mol. The van der Waals surface area contributed by atoms with Gasteiger partial charge in [-0.2, -0.15) is 0 Å². The molecule has 2 saturated heterocycles. The van der Waals surface area contributed by atoms with Crippen molar-refractivity contribution in [3.05, 3.63) is 59.9 Å². The van der Waals surface area contributed by atoms with Crippen molar-refractivity contribution in [3.8, 4) is 5.75 Å². The Hall–Kier alpha value is -1.95. The van der Waals surface area contributed by atoms with Crippen molar-refractivity contribution in [2.75, 3.05) is 39.3 Å². The summed E-state index contributed by atoms with van der Waals surface area (Å²) in [4.78, 5) is 9.00. The summed E-state index contributed by atoms with van der Waals surface area (Å²) < 4.78 is 6.17. The molecule has 2 aliphatic heterocycles. The predicted molar refractivity (Wildman–Crippen MR) is 120 cm³/mol.